The minimum absolute atomic E-state index is 0.0297. The number of carbonyl (C=O) groups excluding carboxylic acids is 1. The van der Waals surface area contributed by atoms with Crippen LogP contribution in [0.4, 0.5) is 4.79 Å². The van der Waals surface area contributed by atoms with Crippen molar-refractivity contribution in [1.29, 1.82) is 0 Å². The Labute approximate surface area is 195 Å². The van der Waals surface area contributed by atoms with Crippen LogP contribution in [0.3, 0.4) is 0 Å². The summed E-state index contributed by atoms with van der Waals surface area (Å²) < 4.78 is 0. The van der Waals surface area contributed by atoms with Gasteiger partial charge in [-0.1, -0.05) is 42.5 Å². The first-order valence-electron chi connectivity index (χ1n) is 11.4. The molecule has 3 heterocycles. The van der Waals surface area contributed by atoms with Gasteiger partial charge in [-0.15, -0.1) is 0 Å². The smallest absolute Gasteiger partial charge is 0.407 e. The molecule has 1 aliphatic heterocycles. The summed E-state index contributed by atoms with van der Waals surface area (Å²) in [4.78, 5) is 38.1. The third kappa shape index (κ3) is 3.30. The van der Waals surface area contributed by atoms with Gasteiger partial charge < -0.3 is 20.3 Å². The van der Waals surface area contributed by atoms with E-state index in [0.717, 1.165) is 44.7 Å². The third-order valence-electron chi connectivity index (χ3n) is 6.91. The van der Waals surface area contributed by atoms with E-state index in [9.17, 15) is 14.7 Å². The van der Waals surface area contributed by atoms with Crippen LogP contribution in [0.1, 0.15) is 30.0 Å². The number of aromatic amines is 1. The van der Waals surface area contributed by atoms with Gasteiger partial charge in [0.15, 0.2) is 0 Å². The lowest BCUT2D eigenvalue weighted by molar-refractivity contribution is -0.126. The van der Waals surface area contributed by atoms with E-state index < -0.39 is 6.09 Å². The van der Waals surface area contributed by atoms with Crippen molar-refractivity contribution in [1.82, 2.24) is 25.2 Å². The molecule has 6 rings (SSSR count). The molecule has 34 heavy (non-hydrogen) atoms. The third-order valence-corrected chi connectivity index (χ3v) is 6.91. The van der Waals surface area contributed by atoms with Crippen LogP contribution in [0, 0.1) is 5.92 Å². The number of carboxylic acid groups (broad SMARTS) is 1. The number of carbonyl (C=O) groups is 2. The molecular weight excluding hydrogens is 430 g/mol. The molecule has 0 radical (unpaired) electrons. The molecule has 2 aromatic carbocycles. The number of fused-ring (bicyclic) bond motifs is 4. The van der Waals surface area contributed by atoms with Crippen molar-refractivity contribution in [3.8, 4) is 22.5 Å². The molecule has 1 atom stereocenters. The summed E-state index contributed by atoms with van der Waals surface area (Å²) >= 11 is 0. The van der Waals surface area contributed by atoms with Gasteiger partial charge in [0.25, 0.3) is 0 Å². The molecule has 2 amide bonds. The van der Waals surface area contributed by atoms with Crippen LogP contribution in [0.5, 0.6) is 0 Å². The maximum Gasteiger partial charge on any atom is 0.407 e. The molecule has 1 aliphatic carbocycles. The molecule has 4 aromatic rings. The number of piperidine rings is 1. The molecule has 170 valence electrons. The van der Waals surface area contributed by atoms with Gasteiger partial charge in [-0.2, -0.15) is 0 Å². The fourth-order valence-corrected chi connectivity index (χ4v) is 5.19. The summed E-state index contributed by atoms with van der Waals surface area (Å²) in [6.07, 6.45) is 3.64. The second kappa shape index (κ2) is 7.98. The second-order valence-corrected chi connectivity index (χ2v) is 8.82. The minimum Gasteiger partial charge on any atom is -0.465 e. The maximum absolute atomic E-state index is 13.2. The van der Waals surface area contributed by atoms with E-state index in [-0.39, 0.29) is 17.9 Å². The van der Waals surface area contributed by atoms with Crippen LogP contribution >= 0.6 is 0 Å². The molecule has 2 aromatic heterocycles. The Morgan fingerprint density at radius 2 is 1.76 bits per heavy atom. The number of nitrogens with one attached hydrogen (secondary N) is 2. The van der Waals surface area contributed by atoms with E-state index in [1.165, 1.54) is 4.90 Å². The number of nitrogens with zero attached hydrogens (tertiary/aromatic N) is 3. The molecule has 3 N–H and O–H groups in total. The van der Waals surface area contributed by atoms with Crippen molar-refractivity contribution in [2.45, 2.75) is 18.9 Å². The second-order valence-electron chi connectivity index (χ2n) is 8.82. The molecule has 0 saturated carbocycles. The van der Waals surface area contributed by atoms with Crippen LogP contribution in [-0.2, 0) is 4.79 Å². The molecule has 8 heteroatoms. The summed E-state index contributed by atoms with van der Waals surface area (Å²) in [6, 6.07) is 15.9. The molecule has 1 fully saturated rings. The largest absolute Gasteiger partial charge is 0.465 e. The summed E-state index contributed by atoms with van der Waals surface area (Å²) in [5, 5.41) is 12.5. The summed E-state index contributed by atoms with van der Waals surface area (Å²) in [5.41, 5.74) is 6.94. The van der Waals surface area contributed by atoms with Crippen molar-refractivity contribution in [3.63, 3.8) is 0 Å². The Hall–Kier alpha value is -4.20. The maximum atomic E-state index is 13.2. The Morgan fingerprint density at radius 3 is 2.56 bits per heavy atom. The Balaban J connectivity index is 1.35. The first-order chi connectivity index (χ1) is 16.6. The number of likely N-dealkylation sites (tertiary alicyclic amines) is 1. The highest BCUT2D eigenvalue weighted by atomic mass is 16.4. The minimum atomic E-state index is -0.925. The van der Waals surface area contributed by atoms with Crippen molar-refractivity contribution < 1.29 is 14.7 Å². The molecule has 8 nitrogen and oxygen atoms in total. The highest BCUT2D eigenvalue weighted by Crippen LogP contribution is 2.47. The Morgan fingerprint density at radius 1 is 1.00 bits per heavy atom. The molecule has 0 unspecified atom stereocenters. The summed E-state index contributed by atoms with van der Waals surface area (Å²) in [6.45, 7) is 0.770. The number of hydrogen-bond donors (Lipinski definition) is 3. The number of H-pyrrole nitrogens is 1. The van der Waals surface area contributed by atoms with Gasteiger partial charge in [-0.05, 0) is 41.2 Å². The SMILES string of the molecule is O=C(N[C@@H]1c2ccccc2-c2c(-c3nc4ccncc4[nH]3)cccc21)C1CCN(C(=O)O)CC1. The van der Waals surface area contributed by atoms with E-state index >= 15 is 0 Å². The van der Waals surface area contributed by atoms with Crippen LogP contribution in [0.2, 0.25) is 0 Å². The van der Waals surface area contributed by atoms with Crippen molar-refractivity contribution >= 4 is 23.0 Å². The van der Waals surface area contributed by atoms with Crippen molar-refractivity contribution in [3.05, 3.63) is 72.1 Å². The number of amides is 2. The molecular formula is C26H23N5O3. The molecule has 1 saturated heterocycles. The lowest BCUT2D eigenvalue weighted by atomic mass is 9.94. The standard InChI is InChI=1S/C26H23N5O3/c32-25(15-9-12-31(13-10-15)26(33)34)30-23-17-5-2-1-4-16(17)22-18(23)6-3-7-19(22)24-28-20-8-11-27-14-21(20)29-24/h1-8,11,14-15,23H,9-10,12-13H2,(H,28,29)(H,30,32)(H,33,34)/t23-/m1/s1. The monoisotopic (exact) mass is 453 g/mol. The zero-order valence-electron chi connectivity index (χ0n) is 18.4. The fourth-order valence-electron chi connectivity index (χ4n) is 5.19. The van der Waals surface area contributed by atoms with Crippen LogP contribution < -0.4 is 5.32 Å². The van der Waals surface area contributed by atoms with E-state index in [1.807, 2.05) is 30.3 Å². The van der Waals surface area contributed by atoms with Crippen molar-refractivity contribution in [2.24, 2.45) is 5.92 Å². The van der Waals surface area contributed by atoms with Gasteiger partial charge in [-0.3, -0.25) is 9.78 Å². The van der Waals surface area contributed by atoms with Gasteiger partial charge in [0.2, 0.25) is 5.91 Å². The summed E-state index contributed by atoms with van der Waals surface area (Å²) in [7, 11) is 0. The summed E-state index contributed by atoms with van der Waals surface area (Å²) in [5.74, 6) is 0.540. The Bertz CT molecular complexity index is 1390. The Kier molecular flexibility index (Phi) is 4.79. The quantitative estimate of drug-likeness (QED) is 0.431. The van der Waals surface area contributed by atoms with Crippen molar-refractivity contribution in [2.75, 3.05) is 13.1 Å². The normalized spacial score (nSPS) is 17.4. The zero-order chi connectivity index (χ0) is 23.2. The fraction of sp³-hybridized carbons (Fsp3) is 0.231. The van der Waals surface area contributed by atoms with Gasteiger partial charge in [-0.25, -0.2) is 9.78 Å². The van der Waals surface area contributed by atoms with Crippen LogP contribution in [0.15, 0.2) is 60.9 Å². The lowest BCUT2D eigenvalue weighted by Gasteiger charge is -2.30. The average molecular weight is 454 g/mol. The van der Waals surface area contributed by atoms with Gasteiger partial charge in [0.05, 0.1) is 23.3 Å². The van der Waals surface area contributed by atoms with Crippen LogP contribution in [-0.4, -0.2) is 50.0 Å². The first kappa shape index (κ1) is 20.4. The molecule has 2 aliphatic rings. The van der Waals surface area contributed by atoms with E-state index in [1.54, 1.807) is 12.4 Å². The molecule has 0 spiro atoms. The van der Waals surface area contributed by atoms with E-state index in [2.05, 4.69) is 33.5 Å². The number of hydrogen-bond acceptors (Lipinski definition) is 4. The number of benzene rings is 2. The van der Waals surface area contributed by atoms with Gasteiger partial charge in [0.1, 0.15) is 5.82 Å². The highest BCUT2D eigenvalue weighted by molar-refractivity contribution is 5.93. The van der Waals surface area contributed by atoms with E-state index in [0.29, 0.717) is 25.9 Å². The van der Waals surface area contributed by atoms with Gasteiger partial charge >= 0.3 is 6.09 Å². The number of pyridine rings is 1. The number of aromatic nitrogens is 3. The number of rotatable bonds is 3. The predicted molar refractivity (Wildman–Crippen MR) is 127 cm³/mol. The molecule has 0 bridgehead atoms. The zero-order valence-corrected chi connectivity index (χ0v) is 18.4. The van der Waals surface area contributed by atoms with Gasteiger partial charge in [0, 0.05) is 30.8 Å². The lowest BCUT2D eigenvalue weighted by Crippen LogP contribution is -2.43. The predicted octanol–water partition coefficient (Wildman–Crippen LogP) is 4.20. The number of imidazole rings is 1. The average Bonchev–Trinajstić information content (AvgIpc) is 3.44. The highest BCUT2D eigenvalue weighted by Gasteiger charge is 2.34. The topological polar surface area (TPSA) is 111 Å². The van der Waals surface area contributed by atoms with Crippen LogP contribution in [0.25, 0.3) is 33.5 Å². The first-order valence-corrected chi connectivity index (χ1v) is 11.4. The van der Waals surface area contributed by atoms with E-state index in [4.69, 9.17) is 4.98 Å².